The zero-order valence-corrected chi connectivity index (χ0v) is 20.6. The van der Waals surface area contributed by atoms with E-state index in [0.717, 1.165) is 55.7 Å². The van der Waals surface area contributed by atoms with Gasteiger partial charge in [0.05, 0.1) is 0 Å². The number of nitrogens with zero attached hydrogens (tertiary/aromatic N) is 4. The maximum atomic E-state index is 12.4. The second kappa shape index (κ2) is 8.87. The maximum absolute atomic E-state index is 12.4. The van der Waals surface area contributed by atoms with Crippen molar-refractivity contribution in [3.63, 3.8) is 0 Å². The van der Waals surface area contributed by atoms with E-state index in [2.05, 4.69) is 72.4 Å². The molecule has 7 nitrogen and oxygen atoms in total. The average molecular weight is 462 g/mol. The van der Waals surface area contributed by atoms with E-state index < -0.39 is 5.60 Å². The van der Waals surface area contributed by atoms with E-state index in [1.807, 2.05) is 6.07 Å². The third-order valence-electron chi connectivity index (χ3n) is 7.65. The van der Waals surface area contributed by atoms with E-state index in [-0.39, 0.29) is 5.41 Å². The van der Waals surface area contributed by atoms with Crippen LogP contribution in [0.2, 0.25) is 0 Å². The minimum Gasteiger partial charge on any atom is -0.380 e. The van der Waals surface area contributed by atoms with Gasteiger partial charge in [0.2, 0.25) is 11.7 Å². The van der Waals surface area contributed by atoms with Crippen LogP contribution in [0.15, 0.2) is 47.2 Å². The van der Waals surface area contributed by atoms with Gasteiger partial charge in [-0.25, -0.2) is 0 Å². The second-order valence-electron chi connectivity index (χ2n) is 10.7. The molecule has 3 aromatic rings. The molecule has 0 aliphatic carbocycles. The van der Waals surface area contributed by atoms with Crippen LogP contribution < -0.4 is 5.32 Å². The number of hydrogen-bond donors (Lipinski definition) is 2. The zero-order valence-electron chi connectivity index (χ0n) is 20.6. The topological polar surface area (TPSA) is 87.3 Å². The lowest BCUT2D eigenvalue weighted by atomic mass is 9.62. The van der Waals surface area contributed by atoms with Crippen LogP contribution in [-0.2, 0) is 5.60 Å². The number of aromatic nitrogens is 3. The largest absolute Gasteiger partial charge is 0.380 e. The van der Waals surface area contributed by atoms with Crippen molar-refractivity contribution in [3.05, 3.63) is 65.3 Å². The first-order valence-corrected chi connectivity index (χ1v) is 12.3. The number of rotatable bonds is 6. The molecular weight excluding hydrogens is 426 g/mol. The van der Waals surface area contributed by atoms with Crippen molar-refractivity contribution in [3.8, 4) is 11.4 Å². The minimum atomic E-state index is -1.19. The first-order valence-electron chi connectivity index (χ1n) is 12.3. The van der Waals surface area contributed by atoms with E-state index in [0.29, 0.717) is 23.6 Å². The molecule has 2 saturated heterocycles. The number of benzene rings is 1. The molecule has 0 bridgehead atoms. The van der Waals surface area contributed by atoms with Crippen molar-refractivity contribution in [1.82, 2.24) is 25.3 Å². The number of aliphatic hydroxyl groups is 1. The highest BCUT2D eigenvalue weighted by Crippen LogP contribution is 2.50. The summed E-state index contributed by atoms with van der Waals surface area (Å²) in [5, 5.41) is 20.1. The van der Waals surface area contributed by atoms with Crippen LogP contribution in [0.1, 0.15) is 68.0 Å². The van der Waals surface area contributed by atoms with Gasteiger partial charge in [0, 0.05) is 47.9 Å². The molecule has 2 aliphatic rings. The van der Waals surface area contributed by atoms with Gasteiger partial charge in [0.1, 0.15) is 5.60 Å². The van der Waals surface area contributed by atoms with Gasteiger partial charge >= 0.3 is 0 Å². The lowest BCUT2D eigenvalue weighted by Gasteiger charge is -2.55. The number of likely N-dealkylation sites (tertiary alicyclic amines) is 1. The monoisotopic (exact) mass is 461 g/mol. The lowest BCUT2D eigenvalue weighted by molar-refractivity contribution is -0.127. The predicted molar refractivity (Wildman–Crippen MR) is 132 cm³/mol. The summed E-state index contributed by atoms with van der Waals surface area (Å²) in [6.07, 6.45) is 5.52. The van der Waals surface area contributed by atoms with Crippen LogP contribution in [0, 0.1) is 5.41 Å². The summed E-state index contributed by atoms with van der Waals surface area (Å²) in [6, 6.07) is 10.4. The van der Waals surface area contributed by atoms with Crippen LogP contribution in [-0.4, -0.2) is 58.4 Å². The van der Waals surface area contributed by atoms with Crippen molar-refractivity contribution in [2.24, 2.45) is 5.41 Å². The summed E-state index contributed by atoms with van der Waals surface area (Å²) < 4.78 is 5.63. The zero-order chi connectivity index (χ0) is 23.9. The molecule has 1 aromatic carbocycles. The molecule has 0 amide bonds. The highest BCUT2D eigenvalue weighted by molar-refractivity contribution is 5.56. The summed E-state index contributed by atoms with van der Waals surface area (Å²) >= 11 is 0. The molecule has 180 valence electrons. The molecule has 2 N–H and O–H groups in total. The molecule has 34 heavy (non-hydrogen) atoms. The standard InChI is InChI=1S/C27H35N5O2/c1-18(2)19-5-7-22(8-6-19)27(33,26(3)16-32(4)17-26)23-13-21(14-29-15-23)24-30-25(34-31-24)20-9-11-28-12-10-20/h5-8,13-15,18,20,28,33H,9-12,16-17H2,1-4H3/t27-/m0/s1. The maximum Gasteiger partial charge on any atom is 0.230 e. The molecule has 2 aliphatic heterocycles. The molecule has 0 unspecified atom stereocenters. The van der Waals surface area contributed by atoms with E-state index in [9.17, 15) is 5.11 Å². The van der Waals surface area contributed by atoms with E-state index in [1.54, 1.807) is 12.4 Å². The van der Waals surface area contributed by atoms with Crippen molar-refractivity contribution >= 4 is 0 Å². The molecule has 0 radical (unpaired) electrons. The van der Waals surface area contributed by atoms with Crippen LogP contribution in [0.4, 0.5) is 0 Å². The van der Waals surface area contributed by atoms with Crippen molar-refractivity contribution < 1.29 is 9.63 Å². The van der Waals surface area contributed by atoms with Gasteiger partial charge in [-0.05, 0) is 56.1 Å². The fourth-order valence-electron chi connectivity index (χ4n) is 5.69. The molecule has 2 fully saturated rings. The molecule has 0 saturated carbocycles. The predicted octanol–water partition coefficient (Wildman–Crippen LogP) is 3.91. The SMILES string of the molecule is CC(C)c1ccc([C@](O)(c2cncc(-c3noc(C4CCNCC4)n3)c2)C2(C)CN(C)C2)cc1. The molecule has 1 atom stereocenters. The van der Waals surface area contributed by atoms with E-state index in [1.165, 1.54) is 5.56 Å². The molecule has 0 spiro atoms. The van der Waals surface area contributed by atoms with Gasteiger partial charge in [-0.3, -0.25) is 4.98 Å². The highest BCUT2D eigenvalue weighted by atomic mass is 16.5. The Bertz CT molecular complexity index is 1130. The van der Waals surface area contributed by atoms with Crippen molar-refractivity contribution in [2.75, 3.05) is 33.2 Å². The number of hydrogen-bond acceptors (Lipinski definition) is 7. The summed E-state index contributed by atoms with van der Waals surface area (Å²) in [4.78, 5) is 11.4. The Labute approximate surface area is 201 Å². The molecule has 4 heterocycles. The summed E-state index contributed by atoms with van der Waals surface area (Å²) in [7, 11) is 2.08. The van der Waals surface area contributed by atoms with Crippen LogP contribution in [0.25, 0.3) is 11.4 Å². The Balaban J connectivity index is 1.53. The Morgan fingerprint density at radius 3 is 2.47 bits per heavy atom. The lowest BCUT2D eigenvalue weighted by Crippen LogP contribution is -2.63. The smallest absolute Gasteiger partial charge is 0.230 e. The van der Waals surface area contributed by atoms with Crippen LogP contribution in [0.3, 0.4) is 0 Å². The first kappa shape index (κ1) is 23.1. The Morgan fingerprint density at radius 1 is 1.12 bits per heavy atom. The van der Waals surface area contributed by atoms with Gasteiger partial charge in [-0.15, -0.1) is 0 Å². The van der Waals surface area contributed by atoms with Gasteiger partial charge in [0.15, 0.2) is 0 Å². The third-order valence-corrected chi connectivity index (χ3v) is 7.65. The Kier molecular flexibility index (Phi) is 6.04. The quantitative estimate of drug-likeness (QED) is 0.575. The van der Waals surface area contributed by atoms with E-state index in [4.69, 9.17) is 9.51 Å². The van der Waals surface area contributed by atoms with Gasteiger partial charge < -0.3 is 19.8 Å². The van der Waals surface area contributed by atoms with Crippen molar-refractivity contribution in [1.29, 1.82) is 0 Å². The summed E-state index contributed by atoms with van der Waals surface area (Å²) in [6.45, 7) is 10.0. The Hall–Kier alpha value is -2.61. The highest BCUT2D eigenvalue weighted by Gasteiger charge is 2.55. The molecule has 7 heteroatoms. The molecule has 2 aromatic heterocycles. The van der Waals surface area contributed by atoms with Gasteiger partial charge in [-0.1, -0.05) is 50.2 Å². The number of pyridine rings is 1. The Morgan fingerprint density at radius 2 is 1.82 bits per heavy atom. The van der Waals surface area contributed by atoms with Gasteiger partial charge in [-0.2, -0.15) is 4.98 Å². The fourth-order valence-corrected chi connectivity index (χ4v) is 5.69. The molecule has 5 rings (SSSR count). The normalized spacial score (nSPS) is 20.8. The third kappa shape index (κ3) is 3.96. The minimum absolute atomic E-state index is 0.291. The average Bonchev–Trinajstić information content (AvgIpc) is 3.34. The fraction of sp³-hybridized carbons (Fsp3) is 0.519. The first-order chi connectivity index (χ1) is 16.3. The van der Waals surface area contributed by atoms with E-state index >= 15 is 0 Å². The summed E-state index contributed by atoms with van der Waals surface area (Å²) in [5.74, 6) is 1.94. The van der Waals surface area contributed by atoms with Gasteiger partial charge in [0.25, 0.3) is 0 Å². The van der Waals surface area contributed by atoms with Crippen LogP contribution >= 0.6 is 0 Å². The number of nitrogens with one attached hydrogen (secondary N) is 1. The second-order valence-corrected chi connectivity index (χ2v) is 10.7. The van der Waals surface area contributed by atoms with Crippen molar-refractivity contribution in [2.45, 2.75) is 51.0 Å². The summed E-state index contributed by atoms with van der Waals surface area (Å²) in [5.41, 5.74) is 2.11. The molecular formula is C27H35N5O2. The van der Waals surface area contributed by atoms with Crippen LogP contribution in [0.5, 0.6) is 0 Å². The number of piperidine rings is 1.